The summed E-state index contributed by atoms with van der Waals surface area (Å²) in [5, 5.41) is 0.688. The fourth-order valence-corrected chi connectivity index (χ4v) is 2.17. The third-order valence-corrected chi connectivity index (χ3v) is 3.30. The number of para-hydroxylation sites is 1. The quantitative estimate of drug-likeness (QED) is 0.635. The summed E-state index contributed by atoms with van der Waals surface area (Å²) in [6.45, 7) is 7.10. The number of aromatic nitrogens is 2. The van der Waals surface area contributed by atoms with Gasteiger partial charge in [-0.3, -0.25) is 9.59 Å². The Morgan fingerprint density at radius 2 is 1.75 bits per heavy atom. The molecule has 2 aromatic rings. The van der Waals surface area contributed by atoms with E-state index < -0.39 is 11.3 Å². The molecule has 0 radical (unpaired) electrons. The maximum Gasteiger partial charge on any atom is 0.192 e. The van der Waals surface area contributed by atoms with Crippen molar-refractivity contribution in [2.24, 2.45) is 11.3 Å². The third kappa shape index (κ3) is 2.59. The van der Waals surface area contributed by atoms with E-state index in [2.05, 4.69) is 9.97 Å². The minimum atomic E-state index is -0.701. The van der Waals surface area contributed by atoms with Crippen LogP contribution in [0.5, 0.6) is 0 Å². The zero-order valence-corrected chi connectivity index (χ0v) is 12.2. The summed E-state index contributed by atoms with van der Waals surface area (Å²) >= 11 is 0. The van der Waals surface area contributed by atoms with Gasteiger partial charge >= 0.3 is 0 Å². The Labute approximate surface area is 118 Å². The van der Waals surface area contributed by atoms with Crippen LogP contribution in [0, 0.1) is 11.3 Å². The van der Waals surface area contributed by atoms with Gasteiger partial charge in [0.15, 0.2) is 5.78 Å². The van der Waals surface area contributed by atoms with E-state index in [-0.39, 0.29) is 11.6 Å². The molecule has 0 amide bonds. The van der Waals surface area contributed by atoms with Gasteiger partial charge in [-0.1, -0.05) is 39.0 Å². The first-order valence-electron chi connectivity index (χ1n) is 6.60. The van der Waals surface area contributed by atoms with Crippen molar-refractivity contribution in [3.8, 4) is 0 Å². The minimum Gasteiger partial charge on any atom is -0.298 e. The number of carbonyl (C=O) groups is 2. The van der Waals surface area contributed by atoms with Crippen LogP contribution in [0.1, 0.15) is 38.2 Å². The van der Waals surface area contributed by atoms with Gasteiger partial charge < -0.3 is 0 Å². The summed E-state index contributed by atoms with van der Waals surface area (Å²) in [4.78, 5) is 33.0. The number of hydrogen-bond donors (Lipinski definition) is 0. The summed E-state index contributed by atoms with van der Waals surface area (Å²) < 4.78 is 0. The van der Waals surface area contributed by atoms with Crippen LogP contribution in [0.3, 0.4) is 0 Å². The average Bonchev–Trinajstić information content (AvgIpc) is 2.43. The molecule has 1 heterocycles. The van der Waals surface area contributed by atoms with Crippen molar-refractivity contribution in [1.82, 2.24) is 9.97 Å². The van der Waals surface area contributed by atoms with Crippen LogP contribution in [-0.2, 0) is 4.79 Å². The van der Waals surface area contributed by atoms with E-state index in [0.29, 0.717) is 16.6 Å². The highest BCUT2D eigenvalue weighted by molar-refractivity contribution is 6.15. The van der Waals surface area contributed by atoms with Gasteiger partial charge in [0.1, 0.15) is 17.8 Å². The van der Waals surface area contributed by atoms with Crippen LogP contribution in [0.15, 0.2) is 30.6 Å². The Bertz CT molecular complexity index is 666. The first-order chi connectivity index (χ1) is 9.32. The maximum absolute atomic E-state index is 12.5. The molecule has 1 aromatic carbocycles. The Balaban J connectivity index is 2.44. The Morgan fingerprint density at radius 3 is 2.40 bits per heavy atom. The Morgan fingerprint density at radius 1 is 1.10 bits per heavy atom. The highest BCUT2D eigenvalue weighted by atomic mass is 16.2. The molecule has 0 bridgehead atoms. The highest BCUT2D eigenvalue weighted by Gasteiger charge is 2.32. The van der Waals surface area contributed by atoms with Crippen LogP contribution >= 0.6 is 0 Å². The van der Waals surface area contributed by atoms with Gasteiger partial charge in [-0.25, -0.2) is 9.97 Å². The van der Waals surface area contributed by atoms with Crippen molar-refractivity contribution in [2.75, 3.05) is 0 Å². The van der Waals surface area contributed by atoms with Crippen molar-refractivity contribution >= 4 is 22.5 Å². The normalized spacial score (nSPS) is 13.2. The van der Waals surface area contributed by atoms with E-state index in [4.69, 9.17) is 0 Å². The Kier molecular flexibility index (Phi) is 3.66. The largest absolute Gasteiger partial charge is 0.298 e. The molecule has 4 heteroatoms. The molecule has 1 unspecified atom stereocenters. The van der Waals surface area contributed by atoms with Gasteiger partial charge in [-0.15, -0.1) is 0 Å². The van der Waals surface area contributed by atoms with Crippen LogP contribution in [-0.4, -0.2) is 21.5 Å². The molecule has 1 aromatic heterocycles. The number of nitrogens with zero attached hydrogens (tertiary/aromatic N) is 2. The lowest BCUT2D eigenvalue weighted by Crippen LogP contribution is -2.32. The standard InChI is InChI=1S/C16H18N2O2/c1-10(15(20)16(2,3)4)14(19)13-11-7-5-6-8-12(11)17-9-18-13/h5-10H,1-4H3. The molecule has 20 heavy (non-hydrogen) atoms. The summed E-state index contributed by atoms with van der Waals surface area (Å²) in [5.41, 5.74) is 0.486. The van der Waals surface area contributed by atoms with Crippen LogP contribution in [0.4, 0.5) is 0 Å². The van der Waals surface area contributed by atoms with Crippen LogP contribution in [0.2, 0.25) is 0 Å². The second-order valence-corrected chi connectivity index (χ2v) is 5.94. The lowest BCUT2D eigenvalue weighted by atomic mass is 9.81. The number of carbonyl (C=O) groups excluding carboxylic acids is 2. The van der Waals surface area contributed by atoms with E-state index in [1.165, 1.54) is 6.33 Å². The topological polar surface area (TPSA) is 59.9 Å². The fourth-order valence-electron chi connectivity index (χ4n) is 2.17. The molecular formula is C16H18N2O2. The van der Waals surface area contributed by atoms with Gasteiger partial charge in [-0.05, 0) is 13.0 Å². The van der Waals surface area contributed by atoms with Gasteiger partial charge in [0, 0.05) is 10.8 Å². The molecular weight excluding hydrogens is 252 g/mol. The first kappa shape index (κ1) is 14.3. The SMILES string of the molecule is CC(C(=O)c1ncnc2ccccc12)C(=O)C(C)(C)C. The third-order valence-electron chi connectivity index (χ3n) is 3.30. The molecule has 0 saturated heterocycles. The predicted molar refractivity (Wildman–Crippen MR) is 77.5 cm³/mol. The zero-order chi connectivity index (χ0) is 14.9. The number of rotatable bonds is 3. The summed E-state index contributed by atoms with van der Waals surface area (Å²) in [7, 11) is 0. The predicted octanol–water partition coefficient (Wildman–Crippen LogP) is 3.06. The molecule has 0 aliphatic heterocycles. The van der Waals surface area contributed by atoms with Crippen LogP contribution < -0.4 is 0 Å². The molecule has 0 spiro atoms. The number of hydrogen-bond acceptors (Lipinski definition) is 4. The van der Waals surface area contributed by atoms with Crippen molar-refractivity contribution in [2.45, 2.75) is 27.7 Å². The van der Waals surface area contributed by atoms with E-state index in [1.807, 2.05) is 39.0 Å². The van der Waals surface area contributed by atoms with Crippen molar-refractivity contribution in [3.63, 3.8) is 0 Å². The fraction of sp³-hybridized carbons (Fsp3) is 0.375. The molecule has 0 aliphatic rings. The number of benzene rings is 1. The van der Waals surface area contributed by atoms with Crippen molar-refractivity contribution in [3.05, 3.63) is 36.3 Å². The van der Waals surface area contributed by atoms with E-state index in [9.17, 15) is 9.59 Å². The monoisotopic (exact) mass is 270 g/mol. The average molecular weight is 270 g/mol. The molecule has 0 saturated carbocycles. The Hall–Kier alpha value is -2.10. The molecule has 0 fully saturated rings. The zero-order valence-electron chi connectivity index (χ0n) is 12.2. The van der Waals surface area contributed by atoms with Crippen molar-refractivity contribution in [1.29, 1.82) is 0 Å². The van der Waals surface area contributed by atoms with Gasteiger partial charge in [0.05, 0.1) is 11.4 Å². The summed E-state index contributed by atoms with van der Waals surface area (Å²) in [6, 6.07) is 7.31. The lowest BCUT2D eigenvalue weighted by molar-refractivity contribution is -0.128. The smallest absolute Gasteiger partial charge is 0.192 e. The van der Waals surface area contributed by atoms with E-state index >= 15 is 0 Å². The summed E-state index contributed by atoms with van der Waals surface area (Å²) in [6.07, 6.45) is 1.36. The minimum absolute atomic E-state index is 0.0785. The van der Waals surface area contributed by atoms with Gasteiger partial charge in [-0.2, -0.15) is 0 Å². The maximum atomic E-state index is 12.5. The lowest BCUT2D eigenvalue weighted by Gasteiger charge is -2.21. The highest BCUT2D eigenvalue weighted by Crippen LogP contribution is 2.24. The van der Waals surface area contributed by atoms with E-state index in [0.717, 1.165) is 0 Å². The first-order valence-corrected chi connectivity index (χ1v) is 6.60. The van der Waals surface area contributed by atoms with Crippen molar-refractivity contribution < 1.29 is 9.59 Å². The number of ketones is 2. The molecule has 1 atom stereocenters. The second kappa shape index (κ2) is 5.12. The molecule has 104 valence electrons. The summed E-state index contributed by atoms with van der Waals surface area (Å²) in [5.74, 6) is -1.03. The molecule has 2 rings (SSSR count). The van der Waals surface area contributed by atoms with E-state index in [1.54, 1.807) is 13.0 Å². The number of Topliss-reactive ketones (excluding diaryl/α,β-unsaturated/α-hetero) is 2. The van der Waals surface area contributed by atoms with Crippen LogP contribution in [0.25, 0.3) is 10.9 Å². The van der Waals surface area contributed by atoms with Gasteiger partial charge in [0.25, 0.3) is 0 Å². The molecule has 0 N–H and O–H groups in total. The van der Waals surface area contributed by atoms with Gasteiger partial charge in [0.2, 0.25) is 0 Å². The molecule has 0 aliphatic carbocycles. The molecule has 4 nitrogen and oxygen atoms in total. The number of fused-ring (bicyclic) bond motifs is 1. The second-order valence-electron chi connectivity index (χ2n) is 5.94.